The molecule has 0 fully saturated rings. The number of phenols is 1. The molecule has 0 atom stereocenters. The molecule has 2 rings (SSSR count). The minimum Gasteiger partial charge on any atom is -0.508 e. The lowest BCUT2D eigenvalue weighted by atomic mass is 10.1. The Morgan fingerprint density at radius 2 is 1.90 bits per heavy atom. The van der Waals surface area contributed by atoms with Gasteiger partial charge in [-0.1, -0.05) is 12.1 Å². The number of phenolic OH excluding ortho intramolecular Hbond substituents is 1. The van der Waals surface area contributed by atoms with E-state index in [1.165, 1.54) is 24.3 Å². The van der Waals surface area contributed by atoms with Crippen LogP contribution in [0.5, 0.6) is 5.75 Å². The SMILES string of the molecule is O=C(NCCCc1cccc(O)c1)c1ccc(F)cc1. The van der Waals surface area contributed by atoms with E-state index in [1.54, 1.807) is 18.2 Å². The zero-order chi connectivity index (χ0) is 14.4. The Labute approximate surface area is 117 Å². The summed E-state index contributed by atoms with van der Waals surface area (Å²) in [5.41, 5.74) is 1.48. The van der Waals surface area contributed by atoms with Crippen LogP contribution < -0.4 is 5.32 Å². The van der Waals surface area contributed by atoms with E-state index < -0.39 is 0 Å². The standard InChI is InChI=1S/C16H16FNO2/c17-14-8-6-13(7-9-14)16(20)18-10-2-4-12-3-1-5-15(19)11-12/h1,3,5-9,11,19H,2,4,10H2,(H,18,20). The molecule has 0 aliphatic heterocycles. The van der Waals surface area contributed by atoms with Gasteiger partial charge in [0.05, 0.1) is 0 Å². The molecule has 0 radical (unpaired) electrons. The molecule has 0 aliphatic rings. The Morgan fingerprint density at radius 1 is 1.15 bits per heavy atom. The van der Waals surface area contributed by atoms with Crippen molar-refractivity contribution < 1.29 is 14.3 Å². The van der Waals surface area contributed by atoms with Crippen LogP contribution in [-0.4, -0.2) is 17.6 Å². The van der Waals surface area contributed by atoms with Crippen LogP contribution in [0.2, 0.25) is 0 Å². The number of nitrogens with one attached hydrogen (secondary N) is 1. The van der Waals surface area contributed by atoms with Gasteiger partial charge in [-0.15, -0.1) is 0 Å². The number of carbonyl (C=O) groups is 1. The zero-order valence-corrected chi connectivity index (χ0v) is 11.0. The molecule has 2 aromatic carbocycles. The second kappa shape index (κ2) is 6.70. The minimum absolute atomic E-state index is 0.207. The minimum atomic E-state index is -0.356. The lowest BCUT2D eigenvalue weighted by Crippen LogP contribution is -2.24. The van der Waals surface area contributed by atoms with E-state index in [9.17, 15) is 14.3 Å². The molecule has 20 heavy (non-hydrogen) atoms. The Morgan fingerprint density at radius 3 is 2.60 bits per heavy atom. The molecule has 0 saturated heterocycles. The fourth-order valence-electron chi connectivity index (χ4n) is 1.91. The quantitative estimate of drug-likeness (QED) is 0.823. The fourth-order valence-corrected chi connectivity index (χ4v) is 1.91. The van der Waals surface area contributed by atoms with Crippen molar-refractivity contribution in [3.63, 3.8) is 0 Å². The van der Waals surface area contributed by atoms with Gasteiger partial charge in [-0.25, -0.2) is 4.39 Å². The molecule has 3 nitrogen and oxygen atoms in total. The molecule has 0 heterocycles. The number of hydrogen-bond donors (Lipinski definition) is 2. The summed E-state index contributed by atoms with van der Waals surface area (Å²) in [5.74, 6) is -0.316. The van der Waals surface area contributed by atoms with Crippen LogP contribution in [0.25, 0.3) is 0 Å². The van der Waals surface area contributed by atoms with Crippen molar-refractivity contribution >= 4 is 5.91 Å². The monoisotopic (exact) mass is 273 g/mol. The highest BCUT2D eigenvalue weighted by atomic mass is 19.1. The van der Waals surface area contributed by atoms with Crippen LogP contribution in [0.4, 0.5) is 4.39 Å². The summed E-state index contributed by atoms with van der Waals surface area (Å²) in [6.45, 7) is 0.534. The van der Waals surface area contributed by atoms with Gasteiger partial charge in [0, 0.05) is 12.1 Å². The van der Waals surface area contributed by atoms with E-state index in [0.29, 0.717) is 12.1 Å². The second-order valence-electron chi connectivity index (χ2n) is 4.54. The second-order valence-corrected chi connectivity index (χ2v) is 4.54. The molecule has 0 aliphatic carbocycles. The number of aryl methyl sites for hydroxylation is 1. The summed E-state index contributed by atoms with van der Waals surface area (Å²) in [6, 6.07) is 12.5. The van der Waals surface area contributed by atoms with E-state index in [1.807, 2.05) is 6.07 Å². The number of aromatic hydroxyl groups is 1. The average Bonchev–Trinajstić information content (AvgIpc) is 2.44. The summed E-state index contributed by atoms with van der Waals surface area (Å²) in [5, 5.41) is 12.1. The van der Waals surface area contributed by atoms with Crippen LogP contribution in [0.3, 0.4) is 0 Å². The molecule has 0 aromatic heterocycles. The van der Waals surface area contributed by atoms with E-state index in [2.05, 4.69) is 5.32 Å². The van der Waals surface area contributed by atoms with Crippen LogP contribution in [-0.2, 0) is 6.42 Å². The number of carbonyl (C=O) groups excluding carboxylic acids is 1. The van der Waals surface area contributed by atoms with Gasteiger partial charge in [0.15, 0.2) is 0 Å². The first-order valence-corrected chi connectivity index (χ1v) is 6.47. The third-order valence-corrected chi connectivity index (χ3v) is 2.94. The fraction of sp³-hybridized carbons (Fsp3) is 0.188. The lowest BCUT2D eigenvalue weighted by Gasteiger charge is -2.05. The highest BCUT2D eigenvalue weighted by Crippen LogP contribution is 2.12. The smallest absolute Gasteiger partial charge is 0.251 e. The van der Waals surface area contributed by atoms with Crippen molar-refractivity contribution in [2.45, 2.75) is 12.8 Å². The largest absolute Gasteiger partial charge is 0.508 e. The van der Waals surface area contributed by atoms with Gasteiger partial charge >= 0.3 is 0 Å². The summed E-state index contributed by atoms with van der Waals surface area (Å²) in [4.78, 5) is 11.7. The summed E-state index contributed by atoms with van der Waals surface area (Å²) in [7, 11) is 0. The van der Waals surface area contributed by atoms with Gasteiger partial charge in [0.2, 0.25) is 0 Å². The summed E-state index contributed by atoms with van der Waals surface area (Å²) in [6.07, 6.45) is 1.55. The highest BCUT2D eigenvalue weighted by Gasteiger charge is 2.04. The van der Waals surface area contributed by atoms with Crippen molar-refractivity contribution in [1.29, 1.82) is 0 Å². The molecular formula is C16H16FNO2. The molecule has 104 valence electrons. The van der Waals surface area contributed by atoms with Crippen LogP contribution in [0.15, 0.2) is 48.5 Å². The van der Waals surface area contributed by atoms with Crippen molar-refractivity contribution in [1.82, 2.24) is 5.32 Å². The summed E-state index contributed by atoms with van der Waals surface area (Å²) < 4.78 is 12.7. The van der Waals surface area contributed by atoms with E-state index in [0.717, 1.165) is 18.4 Å². The highest BCUT2D eigenvalue weighted by molar-refractivity contribution is 5.94. The van der Waals surface area contributed by atoms with Crippen molar-refractivity contribution in [2.24, 2.45) is 0 Å². The Hall–Kier alpha value is -2.36. The van der Waals surface area contributed by atoms with E-state index in [4.69, 9.17) is 0 Å². The van der Waals surface area contributed by atoms with Crippen molar-refractivity contribution in [3.8, 4) is 5.75 Å². The molecule has 0 bridgehead atoms. The number of halogens is 1. The Bertz CT molecular complexity index is 581. The van der Waals surface area contributed by atoms with E-state index in [-0.39, 0.29) is 17.5 Å². The van der Waals surface area contributed by atoms with Crippen LogP contribution >= 0.6 is 0 Å². The number of amides is 1. The van der Waals surface area contributed by atoms with Gasteiger partial charge in [0.25, 0.3) is 5.91 Å². The third kappa shape index (κ3) is 4.09. The zero-order valence-electron chi connectivity index (χ0n) is 11.0. The molecular weight excluding hydrogens is 257 g/mol. The van der Waals surface area contributed by atoms with Crippen LogP contribution in [0, 0.1) is 5.82 Å². The summed E-state index contributed by atoms with van der Waals surface area (Å²) >= 11 is 0. The predicted octanol–water partition coefficient (Wildman–Crippen LogP) is 2.89. The van der Waals surface area contributed by atoms with E-state index >= 15 is 0 Å². The molecule has 0 spiro atoms. The van der Waals surface area contributed by atoms with Gasteiger partial charge < -0.3 is 10.4 Å². The Kier molecular flexibility index (Phi) is 4.71. The maximum absolute atomic E-state index is 12.7. The topological polar surface area (TPSA) is 49.3 Å². The first-order valence-electron chi connectivity index (χ1n) is 6.47. The number of hydrogen-bond acceptors (Lipinski definition) is 2. The van der Waals surface area contributed by atoms with Gasteiger partial charge in [-0.2, -0.15) is 0 Å². The molecule has 2 aromatic rings. The lowest BCUT2D eigenvalue weighted by molar-refractivity contribution is 0.0953. The molecule has 0 saturated carbocycles. The number of rotatable bonds is 5. The first-order chi connectivity index (χ1) is 9.65. The van der Waals surface area contributed by atoms with Gasteiger partial charge in [0.1, 0.15) is 11.6 Å². The predicted molar refractivity (Wildman–Crippen MR) is 75.2 cm³/mol. The first kappa shape index (κ1) is 14.1. The van der Waals surface area contributed by atoms with Crippen molar-refractivity contribution in [3.05, 3.63) is 65.5 Å². The Balaban J connectivity index is 1.76. The molecule has 2 N–H and O–H groups in total. The average molecular weight is 273 g/mol. The molecule has 0 unspecified atom stereocenters. The maximum Gasteiger partial charge on any atom is 0.251 e. The number of benzene rings is 2. The maximum atomic E-state index is 12.7. The molecule has 4 heteroatoms. The van der Waals surface area contributed by atoms with Crippen molar-refractivity contribution in [2.75, 3.05) is 6.54 Å². The van der Waals surface area contributed by atoms with Gasteiger partial charge in [-0.05, 0) is 54.8 Å². The van der Waals surface area contributed by atoms with Crippen LogP contribution in [0.1, 0.15) is 22.3 Å². The normalized spacial score (nSPS) is 10.2. The van der Waals surface area contributed by atoms with Gasteiger partial charge in [-0.3, -0.25) is 4.79 Å². The third-order valence-electron chi connectivity index (χ3n) is 2.94. The molecule has 1 amide bonds.